The van der Waals surface area contributed by atoms with E-state index in [1.54, 1.807) is 0 Å². The van der Waals surface area contributed by atoms with Crippen LogP contribution in [0.4, 0.5) is 0 Å². The van der Waals surface area contributed by atoms with Crippen LogP contribution in [0.1, 0.15) is 13.3 Å². The van der Waals surface area contributed by atoms with Crippen LogP contribution in [0.5, 0.6) is 0 Å². The molecule has 2 fully saturated rings. The summed E-state index contributed by atoms with van der Waals surface area (Å²) in [6.07, 6.45) is 1.28. The number of likely N-dealkylation sites (N-methyl/N-ethyl adjacent to an activating group) is 1. The molecule has 100 valence electrons. The minimum absolute atomic E-state index is 0.559. The number of piperazine rings is 1. The van der Waals surface area contributed by atoms with E-state index in [9.17, 15) is 0 Å². The smallest absolute Gasteiger partial charge is 0.0623 e. The van der Waals surface area contributed by atoms with Crippen LogP contribution < -0.4 is 5.32 Å². The lowest BCUT2D eigenvalue weighted by atomic mass is 10.0. The van der Waals surface area contributed by atoms with Gasteiger partial charge in [0.25, 0.3) is 0 Å². The maximum atomic E-state index is 5.56. The average Bonchev–Trinajstić information content (AvgIpc) is 2.79. The number of nitrogens with zero attached hydrogens (tertiary/aromatic N) is 2. The Morgan fingerprint density at radius 2 is 1.82 bits per heavy atom. The second kappa shape index (κ2) is 6.69. The highest BCUT2D eigenvalue weighted by atomic mass is 16.5. The molecular formula is C13H27N3O. The first kappa shape index (κ1) is 13.3. The molecule has 2 rings (SSSR count). The Hall–Kier alpha value is -0.160. The van der Waals surface area contributed by atoms with Crippen molar-refractivity contribution in [2.24, 2.45) is 5.92 Å². The number of ether oxygens (including phenoxy) is 1. The number of hydrogen-bond donors (Lipinski definition) is 1. The Kier molecular flexibility index (Phi) is 5.22. The lowest BCUT2D eigenvalue weighted by molar-refractivity contribution is 0.109. The molecule has 0 saturated carbocycles. The van der Waals surface area contributed by atoms with Gasteiger partial charge in [-0.2, -0.15) is 0 Å². The number of rotatable bonds is 5. The number of hydrogen-bond acceptors (Lipinski definition) is 4. The van der Waals surface area contributed by atoms with Crippen LogP contribution in [-0.4, -0.2) is 75.4 Å². The Balaban J connectivity index is 1.70. The molecule has 4 nitrogen and oxygen atoms in total. The summed E-state index contributed by atoms with van der Waals surface area (Å²) in [5, 5.41) is 3.37. The van der Waals surface area contributed by atoms with Gasteiger partial charge in [-0.3, -0.25) is 0 Å². The second-order valence-corrected chi connectivity index (χ2v) is 5.33. The van der Waals surface area contributed by atoms with Gasteiger partial charge in [-0.15, -0.1) is 0 Å². The van der Waals surface area contributed by atoms with Crippen molar-refractivity contribution in [2.75, 3.05) is 59.5 Å². The molecule has 0 amide bonds. The first-order chi connectivity index (χ1) is 8.33. The first-order valence-corrected chi connectivity index (χ1v) is 7.03. The molecule has 2 heterocycles. The molecule has 0 spiro atoms. The van der Waals surface area contributed by atoms with Gasteiger partial charge < -0.3 is 19.9 Å². The highest BCUT2D eigenvalue weighted by Crippen LogP contribution is 2.16. The van der Waals surface area contributed by atoms with Crippen LogP contribution >= 0.6 is 0 Å². The molecule has 2 saturated heterocycles. The second-order valence-electron chi connectivity index (χ2n) is 5.33. The third kappa shape index (κ3) is 3.65. The molecule has 17 heavy (non-hydrogen) atoms. The van der Waals surface area contributed by atoms with Crippen molar-refractivity contribution in [1.29, 1.82) is 0 Å². The van der Waals surface area contributed by atoms with Gasteiger partial charge in [-0.05, 0) is 20.0 Å². The molecule has 0 bridgehead atoms. The van der Waals surface area contributed by atoms with Crippen LogP contribution in [0.25, 0.3) is 0 Å². The van der Waals surface area contributed by atoms with Crippen molar-refractivity contribution in [3.63, 3.8) is 0 Å². The maximum absolute atomic E-state index is 5.56. The molecule has 0 aromatic heterocycles. The fourth-order valence-corrected chi connectivity index (χ4v) is 2.94. The van der Waals surface area contributed by atoms with Crippen LogP contribution in [0.15, 0.2) is 0 Å². The third-order valence-corrected chi connectivity index (χ3v) is 4.07. The van der Waals surface area contributed by atoms with E-state index in [0.29, 0.717) is 12.0 Å². The predicted molar refractivity (Wildman–Crippen MR) is 70.3 cm³/mol. The Bertz CT molecular complexity index is 217. The van der Waals surface area contributed by atoms with E-state index in [2.05, 4.69) is 22.0 Å². The predicted octanol–water partition coefficient (Wildman–Crippen LogP) is 0.248. The normalized spacial score (nSPS) is 32.1. The Morgan fingerprint density at radius 1 is 1.12 bits per heavy atom. The van der Waals surface area contributed by atoms with E-state index in [1.165, 1.54) is 45.7 Å². The summed E-state index contributed by atoms with van der Waals surface area (Å²) in [6.45, 7) is 11.5. The van der Waals surface area contributed by atoms with Gasteiger partial charge >= 0.3 is 0 Å². The Labute approximate surface area is 105 Å². The lowest BCUT2D eigenvalue weighted by Gasteiger charge is -2.36. The van der Waals surface area contributed by atoms with Crippen molar-refractivity contribution in [3.05, 3.63) is 0 Å². The van der Waals surface area contributed by atoms with Crippen molar-refractivity contribution in [2.45, 2.75) is 19.4 Å². The minimum atomic E-state index is 0.559. The van der Waals surface area contributed by atoms with Gasteiger partial charge in [0.1, 0.15) is 0 Å². The molecule has 0 aromatic carbocycles. The topological polar surface area (TPSA) is 27.7 Å². The van der Waals surface area contributed by atoms with Crippen LogP contribution in [0, 0.1) is 5.92 Å². The summed E-state index contributed by atoms with van der Waals surface area (Å²) in [6, 6.07) is 0.559. The van der Waals surface area contributed by atoms with E-state index in [1.807, 2.05) is 7.05 Å². The van der Waals surface area contributed by atoms with Gasteiger partial charge in [-0.1, -0.05) is 6.92 Å². The quantitative estimate of drug-likeness (QED) is 0.747. The molecule has 2 aliphatic heterocycles. The summed E-state index contributed by atoms with van der Waals surface area (Å²) in [5.41, 5.74) is 0. The monoisotopic (exact) mass is 241 g/mol. The van der Waals surface area contributed by atoms with E-state index >= 15 is 0 Å². The SMILES string of the molecule is CCCN1CCN(CC2COCC2NC)CC1. The molecule has 1 N–H and O–H groups in total. The third-order valence-electron chi connectivity index (χ3n) is 4.07. The van der Waals surface area contributed by atoms with Gasteiger partial charge in [-0.25, -0.2) is 0 Å². The zero-order valence-electron chi connectivity index (χ0n) is 11.3. The summed E-state index contributed by atoms with van der Waals surface area (Å²) in [7, 11) is 2.05. The van der Waals surface area contributed by atoms with Gasteiger partial charge in [0, 0.05) is 44.7 Å². The van der Waals surface area contributed by atoms with E-state index in [0.717, 1.165) is 13.2 Å². The molecular weight excluding hydrogens is 214 g/mol. The maximum Gasteiger partial charge on any atom is 0.0623 e. The largest absolute Gasteiger partial charge is 0.379 e. The highest BCUT2D eigenvalue weighted by Gasteiger charge is 2.29. The summed E-state index contributed by atoms with van der Waals surface area (Å²) < 4.78 is 5.56. The summed E-state index contributed by atoms with van der Waals surface area (Å²) in [4.78, 5) is 5.19. The Morgan fingerprint density at radius 3 is 2.47 bits per heavy atom. The zero-order valence-corrected chi connectivity index (χ0v) is 11.3. The molecule has 2 unspecified atom stereocenters. The number of nitrogens with one attached hydrogen (secondary N) is 1. The van der Waals surface area contributed by atoms with E-state index < -0.39 is 0 Å². The average molecular weight is 241 g/mol. The molecule has 0 aliphatic carbocycles. The molecule has 2 aliphatic rings. The lowest BCUT2D eigenvalue weighted by Crippen LogP contribution is -2.49. The zero-order chi connectivity index (χ0) is 12.1. The molecule has 0 aromatic rings. The first-order valence-electron chi connectivity index (χ1n) is 7.03. The highest BCUT2D eigenvalue weighted by molar-refractivity contribution is 4.84. The van der Waals surface area contributed by atoms with Crippen molar-refractivity contribution in [1.82, 2.24) is 15.1 Å². The van der Waals surface area contributed by atoms with Crippen LogP contribution in [0.3, 0.4) is 0 Å². The molecule has 2 atom stereocenters. The van der Waals surface area contributed by atoms with Crippen molar-refractivity contribution < 1.29 is 4.74 Å². The van der Waals surface area contributed by atoms with Crippen molar-refractivity contribution in [3.8, 4) is 0 Å². The van der Waals surface area contributed by atoms with Gasteiger partial charge in [0.15, 0.2) is 0 Å². The molecule has 0 radical (unpaired) electrons. The minimum Gasteiger partial charge on any atom is -0.379 e. The van der Waals surface area contributed by atoms with Gasteiger partial charge in [0.05, 0.1) is 13.2 Å². The van der Waals surface area contributed by atoms with Gasteiger partial charge in [0.2, 0.25) is 0 Å². The summed E-state index contributed by atoms with van der Waals surface area (Å²) >= 11 is 0. The summed E-state index contributed by atoms with van der Waals surface area (Å²) in [5.74, 6) is 0.678. The van der Waals surface area contributed by atoms with Crippen LogP contribution in [0.2, 0.25) is 0 Å². The fourth-order valence-electron chi connectivity index (χ4n) is 2.94. The standard InChI is InChI=1S/C13H27N3O/c1-3-4-15-5-7-16(8-6-15)9-12-10-17-11-13(12)14-2/h12-14H,3-11H2,1-2H3. The molecule has 4 heteroatoms. The van der Waals surface area contributed by atoms with E-state index in [4.69, 9.17) is 4.74 Å². The van der Waals surface area contributed by atoms with E-state index in [-0.39, 0.29) is 0 Å². The van der Waals surface area contributed by atoms with Crippen molar-refractivity contribution >= 4 is 0 Å². The van der Waals surface area contributed by atoms with Crippen LogP contribution in [-0.2, 0) is 4.74 Å². The fraction of sp³-hybridized carbons (Fsp3) is 1.00.